The summed E-state index contributed by atoms with van der Waals surface area (Å²) in [6.45, 7) is 4.88. The van der Waals surface area contributed by atoms with Crippen molar-refractivity contribution in [1.29, 1.82) is 0 Å². The zero-order valence-corrected chi connectivity index (χ0v) is 20.8. The van der Waals surface area contributed by atoms with Crippen LogP contribution in [-0.4, -0.2) is 69.8 Å². The number of ether oxygens (including phenoxy) is 3. The first kappa shape index (κ1) is 24.4. The SMILES string of the molecule is COc1ccc(CCN2CCCCC(CN3CCc4cc(OC)c(OC)cc4CC3=O)C2)cc1. The number of hydrogen-bond acceptors (Lipinski definition) is 5. The van der Waals surface area contributed by atoms with Crippen molar-refractivity contribution in [1.82, 2.24) is 9.80 Å². The maximum absolute atomic E-state index is 13.2. The molecule has 0 bridgehead atoms. The zero-order valence-electron chi connectivity index (χ0n) is 20.8. The summed E-state index contributed by atoms with van der Waals surface area (Å²) in [4.78, 5) is 17.9. The van der Waals surface area contributed by atoms with E-state index in [4.69, 9.17) is 14.2 Å². The van der Waals surface area contributed by atoms with Crippen molar-refractivity contribution in [3.63, 3.8) is 0 Å². The van der Waals surface area contributed by atoms with Crippen LogP contribution in [0.2, 0.25) is 0 Å². The first-order valence-electron chi connectivity index (χ1n) is 12.5. The molecule has 6 heteroatoms. The summed E-state index contributed by atoms with van der Waals surface area (Å²) in [5.41, 5.74) is 3.59. The number of carbonyl (C=O) groups is 1. The van der Waals surface area contributed by atoms with E-state index in [2.05, 4.69) is 21.9 Å². The van der Waals surface area contributed by atoms with Crippen LogP contribution in [0.5, 0.6) is 17.2 Å². The number of hydrogen-bond donors (Lipinski definition) is 0. The molecule has 1 atom stereocenters. The Kier molecular flexibility index (Phi) is 8.33. The monoisotopic (exact) mass is 466 g/mol. The van der Waals surface area contributed by atoms with Gasteiger partial charge in [0.2, 0.25) is 5.91 Å². The molecule has 2 aromatic carbocycles. The van der Waals surface area contributed by atoms with Crippen molar-refractivity contribution in [3.8, 4) is 17.2 Å². The molecule has 0 aromatic heterocycles. The van der Waals surface area contributed by atoms with Gasteiger partial charge in [0, 0.05) is 26.2 Å². The van der Waals surface area contributed by atoms with Crippen LogP contribution < -0.4 is 14.2 Å². The van der Waals surface area contributed by atoms with Crippen LogP contribution in [0.4, 0.5) is 0 Å². The van der Waals surface area contributed by atoms with Gasteiger partial charge in [0.05, 0.1) is 27.8 Å². The van der Waals surface area contributed by atoms with Gasteiger partial charge in [-0.05, 0) is 79.1 Å². The number of fused-ring (bicyclic) bond motifs is 1. The normalized spacial score (nSPS) is 19.2. The van der Waals surface area contributed by atoms with Gasteiger partial charge in [-0.25, -0.2) is 0 Å². The number of carbonyl (C=O) groups excluding carboxylic acids is 1. The van der Waals surface area contributed by atoms with E-state index in [1.165, 1.54) is 30.4 Å². The molecule has 1 amide bonds. The summed E-state index contributed by atoms with van der Waals surface area (Å²) in [6, 6.07) is 12.4. The van der Waals surface area contributed by atoms with Gasteiger partial charge in [-0.2, -0.15) is 0 Å². The standard InChI is InChI=1S/C28H38N2O4/c1-32-25-9-7-21(8-10-25)11-14-29-13-5-4-6-22(19-29)20-30-15-12-23-16-26(33-2)27(34-3)17-24(23)18-28(30)31/h7-10,16-17,22H,4-6,11-15,18-20H2,1-3H3. The minimum Gasteiger partial charge on any atom is -0.497 e. The molecule has 0 saturated carbocycles. The molecule has 1 saturated heterocycles. The van der Waals surface area contributed by atoms with Gasteiger partial charge in [-0.3, -0.25) is 4.79 Å². The summed E-state index contributed by atoms with van der Waals surface area (Å²) < 4.78 is 16.2. The lowest BCUT2D eigenvalue weighted by Gasteiger charge is -2.29. The van der Waals surface area contributed by atoms with Gasteiger partial charge in [0.25, 0.3) is 0 Å². The highest BCUT2D eigenvalue weighted by Crippen LogP contribution is 2.32. The third-order valence-corrected chi connectivity index (χ3v) is 7.26. The molecular formula is C28H38N2O4. The Morgan fingerprint density at radius 2 is 1.65 bits per heavy atom. The molecule has 1 unspecified atom stereocenters. The van der Waals surface area contributed by atoms with Crippen molar-refractivity contribution in [2.45, 2.75) is 38.5 Å². The summed E-state index contributed by atoms with van der Waals surface area (Å²) in [5, 5.41) is 0. The third-order valence-electron chi connectivity index (χ3n) is 7.26. The minimum absolute atomic E-state index is 0.222. The van der Waals surface area contributed by atoms with E-state index in [1.54, 1.807) is 21.3 Å². The molecule has 2 aromatic rings. The van der Waals surface area contributed by atoms with E-state index in [1.807, 2.05) is 24.3 Å². The molecule has 1 fully saturated rings. The number of amides is 1. The number of likely N-dealkylation sites (tertiary alicyclic amines) is 1. The first-order valence-corrected chi connectivity index (χ1v) is 12.5. The van der Waals surface area contributed by atoms with Crippen LogP contribution in [-0.2, 0) is 24.1 Å². The van der Waals surface area contributed by atoms with E-state index >= 15 is 0 Å². The van der Waals surface area contributed by atoms with Crippen LogP contribution in [0.25, 0.3) is 0 Å². The molecule has 184 valence electrons. The van der Waals surface area contributed by atoms with Gasteiger partial charge >= 0.3 is 0 Å². The zero-order chi connectivity index (χ0) is 23.9. The second kappa shape index (κ2) is 11.6. The summed E-state index contributed by atoms with van der Waals surface area (Å²) in [6.07, 6.45) is 5.99. The molecule has 0 radical (unpaired) electrons. The average molecular weight is 467 g/mol. The van der Waals surface area contributed by atoms with Gasteiger partial charge in [0.15, 0.2) is 11.5 Å². The predicted octanol–water partition coefficient (Wildman–Crippen LogP) is 3.98. The Morgan fingerprint density at radius 3 is 2.35 bits per heavy atom. The molecule has 0 N–H and O–H groups in total. The highest BCUT2D eigenvalue weighted by molar-refractivity contribution is 5.80. The summed E-state index contributed by atoms with van der Waals surface area (Å²) in [7, 11) is 5.00. The van der Waals surface area contributed by atoms with Crippen LogP contribution in [0.1, 0.15) is 36.0 Å². The van der Waals surface area contributed by atoms with E-state index < -0.39 is 0 Å². The second-order valence-corrected chi connectivity index (χ2v) is 9.50. The summed E-state index contributed by atoms with van der Waals surface area (Å²) in [5.74, 6) is 3.07. The average Bonchev–Trinajstić information content (AvgIpc) is 3.18. The topological polar surface area (TPSA) is 51.2 Å². The van der Waals surface area contributed by atoms with Crippen molar-refractivity contribution in [3.05, 3.63) is 53.1 Å². The van der Waals surface area contributed by atoms with Crippen LogP contribution in [0, 0.1) is 5.92 Å². The smallest absolute Gasteiger partial charge is 0.227 e. The molecule has 0 aliphatic carbocycles. The molecular weight excluding hydrogens is 428 g/mol. The maximum Gasteiger partial charge on any atom is 0.227 e. The predicted molar refractivity (Wildman–Crippen MR) is 134 cm³/mol. The van der Waals surface area contributed by atoms with Gasteiger partial charge in [-0.15, -0.1) is 0 Å². The fraction of sp³-hybridized carbons (Fsp3) is 0.536. The lowest BCUT2D eigenvalue weighted by atomic mass is 10.0. The molecule has 6 nitrogen and oxygen atoms in total. The lowest BCUT2D eigenvalue weighted by Crippen LogP contribution is -2.40. The number of rotatable bonds is 8. The Morgan fingerprint density at radius 1 is 0.912 bits per heavy atom. The van der Waals surface area contributed by atoms with Crippen LogP contribution in [0.15, 0.2) is 36.4 Å². The molecule has 2 heterocycles. The molecule has 34 heavy (non-hydrogen) atoms. The molecule has 2 aliphatic rings. The quantitative estimate of drug-likeness (QED) is 0.589. The first-order chi connectivity index (χ1) is 16.6. The van der Waals surface area contributed by atoms with Crippen LogP contribution >= 0.6 is 0 Å². The lowest BCUT2D eigenvalue weighted by molar-refractivity contribution is -0.130. The molecule has 0 spiro atoms. The van der Waals surface area contributed by atoms with Crippen molar-refractivity contribution in [2.24, 2.45) is 5.92 Å². The summed E-state index contributed by atoms with van der Waals surface area (Å²) >= 11 is 0. The fourth-order valence-corrected chi connectivity index (χ4v) is 5.27. The van der Waals surface area contributed by atoms with E-state index in [9.17, 15) is 4.79 Å². The van der Waals surface area contributed by atoms with Crippen LogP contribution in [0.3, 0.4) is 0 Å². The Labute approximate surface area is 203 Å². The highest BCUT2D eigenvalue weighted by Gasteiger charge is 2.26. The Hall–Kier alpha value is -2.73. The van der Waals surface area contributed by atoms with E-state index in [0.29, 0.717) is 18.1 Å². The van der Waals surface area contributed by atoms with Gasteiger partial charge in [0.1, 0.15) is 5.75 Å². The maximum atomic E-state index is 13.2. The van der Waals surface area contributed by atoms with Crippen molar-refractivity contribution in [2.75, 3.05) is 54.1 Å². The minimum atomic E-state index is 0.222. The van der Waals surface area contributed by atoms with Gasteiger partial charge < -0.3 is 24.0 Å². The van der Waals surface area contributed by atoms with E-state index in [0.717, 1.165) is 62.6 Å². The number of nitrogens with zero attached hydrogens (tertiary/aromatic N) is 2. The second-order valence-electron chi connectivity index (χ2n) is 9.50. The van der Waals surface area contributed by atoms with Crippen molar-refractivity contribution < 1.29 is 19.0 Å². The molecule has 2 aliphatic heterocycles. The number of benzene rings is 2. The fourth-order valence-electron chi connectivity index (χ4n) is 5.27. The Balaban J connectivity index is 1.35. The van der Waals surface area contributed by atoms with E-state index in [-0.39, 0.29) is 5.91 Å². The largest absolute Gasteiger partial charge is 0.497 e. The number of methoxy groups -OCH3 is 3. The Bertz CT molecular complexity index is 960. The van der Waals surface area contributed by atoms with Gasteiger partial charge in [-0.1, -0.05) is 18.6 Å². The van der Waals surface area contributed by atoms with Crippen molar-refractivity contribution >= 4 is 5.91 Å². The molecule has 4 rings (SSSR count). The third kappa shape index (κ3) is 6.03. The highest BCUT2D eigenvalue weighted by atomic mass is 16.5.